The van der Waals surface area contributed by atoms with Gasteiger partial charge >= 0.3 is 0 Å². The van der Waals surface area contributed by atoms with Gasteiger partial charge in [0.2, 0.25) is 5.91 Å². The average molecular weight is 222 g/mol. The SMILES string of the molecule is CC(Cl)(CCCCCCCO)C(N)=O. The van der Waals surface area contributed by atoms with Crippen LogP contribution in [0.25, 0.3) is 0 Å². The van der Waals surface area contributed by atoms with Crippen molar-refractivity contribution >= 4 is 17.5 Å². The monoisotopic (exact) mass is 221 g/mol. The van der Waals surface area contributed by atoms with Gasteiger partial charge < -0.3 is 10.8 Å². The number of hydrogen-bond acceptors (Lipinski definition) is 2. The molecule has 3 nitrogen and oxygen atoms in total. The summed E-state index contributed by atoms with van der Waals surface area (Å²) < 4.78 is 0. The topological polar surface area (TPSA) is 63.3 Å². The average Bonchev–Trinajstić information content (AvgIpc) is 2.10. The van der Waals surface area contributed by atoms with E-state index in [1.807, 2.05) is 0 Å². The van der Waals surface area contributed by atoms with Crippen molar-refractivity contribution < 1.29 is 9.90 Å². The van der Waals surface area contributed by atoms with Crippen LogP contribution in [-0.2, 0) is 4.79 Å². The zero-order valence-corrected chi connectivity index (χ0v) is 9.52. The number of primary amides is 1. The molecule has 0 radical (unpaired) electrons. The van der Waals surface area contributed by atoms with E-state index in [1.165, 1.54) is 0 Å². The van der Waals surface area contributed by atoms with Crippen LogP contribution < -0.4 is 5.73 Å². The van der Waals surface area contributed by atoms with E-state index in [9.17, 15) is 4.79 Å². The second-order valence-corrected chi connectivity index (χ2v) is 4.64. The third-order valence-corrected chi connectivity index (χ3v) is 2.69. The van der Waals surface area contributed by atoms with Crippen molar-refractivity contribution in [2.24, 2.45) is 5.73 Å². The van der Waals surface area contributed by atoms with Crippen molar-refractivity contribution in [2.45, 2.75) is 50.3 Å². The molecule has 0 aromatic rings. The molecule has 0 aromatic heterocycles. The van der Waals surface area contributed by atoms with Gasteiger partial charge in [0.15, 0.2) is 0 Å². The van der Waals surface area contributed by atoms with Crippen LogP contribution in [0, 0.1) is 0 Å². The fourth-order valence-electron chi connectivity index (χ4n) is 1.22. The van der Waals surface area contributed by atoms with Crippen LogP contribution in [0.15, 0.2) is 0 Å². The minimum atomic E-state index is -0.892. The van der Waals surface area contributed by atoms with Crippen LogP contribution in [0.2, 0.25) is 0 Å². The Morgan fingerprint density at radius 1 is 1.29 bits per heavy atom. The lowest BCUT2D eigenvalue weighted by Crippen LogP contribution is -2.35. The Balaban J connectivity index is 3.40. The first kappa shape index (κ1) is 13.7. The molecule has 1 atom stereocenters. The highest BCUT2D eigenvalue weighted by Gasteiger charge is 2.26. The summed E-state index contributed by atoms with van der Waals surface area (Å²) in [4.78, 5) is 9.95. The van der Waals surface area contributed by atoms with E-state index in [2.05, 4.69) is 0 Å². The van der Waals surface area contributed by atoms with Crippen molar-refractivity contribution in [1.82, 2.24) is 0 Å². The molecular weight excluding hydrogens is 202 g/mol. The molecule has 84 valence electrons. The van der Waals surface area contributed by atoms with Gasteiger partial charge in [-0.15, -0.1) is 11.6 Å². The Morgan fingerprint density at radius 2 is 1.79 bits per heavy atom. The third-order valence-electron chi connectivity index (χ3n) is 2.32. The predicted octanol–water partition coefficient (Wildman–Crippen LogP) is 1.80. The molecule has 0 bridgehead atoms. The van der Waals surface area contributed by atoms with Crippen LogP contribution in [0.3, 0.4) is 0 Å². The van der Waals surface area contributed by atoms with Crippen LogP contribution in [-0.4, -0.2) is 22.5 Å². The molecule has 0 aromatic carbocycles. The fourth-order valence-corrected chi connectivity index (χ4v) is 1.36. The second kappa shape index (κ2) is 7.07. The quantitative estimate of drug-likeness (QED) is 0.485. The molecule has 0 saturated carbocycles. The first-order valence-corrected chi connectivity index (χ1v) is 5.48. The van der Waals surface area contributed by atoms with Crippen LogP contribution in [0.1, 0.15) is 45.4 Å². The van der Waals surface area contributed by atoms with E-state index in [1.54, 1.807) is 6.92 Å². The van der Waals surface area contributed by atoms with Gasteiger partial charge in [-0.25, -0.2) is 0 Å². The molecular formula is C10H20ClNO2. The first-order valence-electron chi connectivity index (χ1n) is 5.10. The zero-order chi connectivity index (χ0) is 11.0. The maximum absolute atomic E-state index is 10.8. The third kappa shape index (κ3) is 6.22. The Hall–Kier alpha value is -0.280. The van der Waals surface area contributed by atoms with Gasteiger partial charge in [0.25, 0.3) is 0 Å². The van der Waals surface area contributed by atoms with Crippen LogP contribution >= 0.6 is 11.6 Å². The second-order valence-electron chi connectivity index (χ2n) is 3.80. The number of hydrogen-bond donors (Lipinski definition) is 2. The molecule has 0 aliphatic carbocycles. The number of nitrogens with two attached hydrogens (primary N) is 1. The molecule has 0 spiro atoms. The summed E-state index contributed by atoms with van der Waals surface area (Å²) in [6.45, 7) is 1.92. The summed E-state index contributed by atoms with van der Waals surface area (Å²) in [7, 11) is 0. The number of carbonyl (C=O) groups is 1. The number of halogens is 1. The Labute approximate surface area is 90.6 Å². The smallest absolute Gasteiger partial charge is 0.238 e. The normalized spacial score (nSPS) is 15.1. The van der Waals surface area contributed by atoms with Gasteiger partial charge in [-0.3, -0.25) is 4.79 Å². The lowest BCUT2D eigenvalue weighted by Gasteiger charge is -2.16. The van der Waals surface area contributed by atoms with E-state index in [0.29, 0.717) is 6.42 Å². The lowest BCUT2D eigenvalue weighted by molar-refractivity contribution is -0.120. The fraction of sp³-hybridized carbons (Fsp3) is 0.900. The van der Waals surface area contributed by atoms with Gasteiger partial charge in [0, 0.05) is 6.61 Å². The van der Waals surface area contributed by atoms with E-state index in [0.717, 1.165) is 32.1 Å². The molecule has 0 fully saturated rings. The van der Waals surface area contributed by atoms with Crippen LogP contribution in [0.4, 0.5) is 0 Å². The zero-order valence-electron chi connectivity index (χ0n) is 8.76. The van der Waals surface area contributed by atoms with Crippen molar-refractivity contribution in [1.29, 1.82) is 0 Å². The number of rotatable bonds is 8. The molecule has 0 aliphatic heterocycles. The Bertz CT molecular complexity index is 172. The minimum Gasteiger partial charge on any atom is -0.396 e. The summed E-state index contributed by atoms with van der Waals surface area (Å²) >= 11 is 5.90. The highest BCUT2D eigenvalue weighted by Crippen LogP contribution is 2.22. The molecule has 0 rings (SSSR count). The summed E-state index contributed by atoms with van der Waals surface area (Å²) in [5.74, 6) is -0.450. The summed E-state index contributed by atoms with van der Waals surface area (Å²) in [6, 6.07) is 0. The van der Waals surface area contributed by atoms with Gasteiger partial charge in [0.05, 0.1) is 0 Å². The maximum atomic E-state index is 10.8. The molecule has 14 heavy (non-hydrogen) atoms. The predicted molar refractivity (Wildman–Crippen MR) is 58.2 cm³/mol. The molecule has 1 amide bonds. The maximum Gasteiger partial charge on any atom is 0.238 e. The Kier molecular flexibility index (Phi) is 6.93. The highest BCUT2D eigenvalue weighted by molar-refractivity contribution is 6.34. The summed E-state index contributed by atoms with van der Waals surface area (Å²) in [6.07, 6.45) is 5.54. The van der Waals surface area contributed by atoms with Gasteiger partial charge in [-0.05, 0) is 19.8 Å². The summed E-state index contributed by atoms with van der Waals surface area (Å²) in [5, 5.41) is 8.54. The van der Waals surface area contributed by atoms with E-state index < -0.39 is 10.8 Å². The van der Waals surface area contributed by atoms with Crippen molar-refractivity contribution in [3.63, 3.8) is 0 Å². The molecule has 3 N–H and O–H groups in total. The number of carbonyl (C=O) groups excluding carboxylic acids is 1. The largest absolute Gasteiger partial charge is 0.396 e. The number of alkyl halides is 1. The van der Waals surface area contributed by atoms with Crippen molar-refractivity contribution in [3.8, 4) is 0 Å². The lowest BCUT2D eigenvalue weighted by atomic mass is 10.0. The van der Waals surface area contributed by atoms with Gasteiger partial charge in [0.1, 0.15) is 4.87 Å². The molecule has 0 aliphatic rings. The van der Waals surface area contributed by atoms with E-state index in [4.69, 9.17) is 22.4 Å². The first-order chi connectivity index (χ1) is 6.50. The van der Waals surface area contributed by atoms with Gasteiger partial charge in [-0.2, -0.15) is 0 Å². The van der Waals surface area contributed by atoms with E-state index in [-0.39, 0.29) is 6.61 Å². The highest BCUT2D eigenvalue weighted by atomic mass is 35.5. The van der Waals surface area contributed by atoms with Crippen molar-refractivity contribution in [3.05, 3.63) is 0 Å². The molecule has 1 unspecified atom stereocenters. The molecule has 4 heteroatoms. The standard InChI is InChI=1S/C10H20ClNO2/c1-10(11,9(12)14)7-5-3-2-4-6-8-13/h13H,2-8H2,1H3,(H2,12,14). The summed E-state index contributed by atoms with van der Waals surface area (Å²) in [5.41, 5.74) is 5.13. The van der Waals surface area contributed by atoms with Crippen molar-refractivity contribution in [2.75, 3.05) is 6.61 Å². The number of aliphatic hydroxyl groups is 1. The number of aliphatic hydroxyl groups excluding tert-OH is 1. The molecule has 0 saturated heterocycles. The van der Waals surface area contributed by atoms with Gasteiger partial charge in [-0.1, -0.05) is 25.7 Å². The molecule has 0 heterocycles. The van der Waals surface area contributed by atoms with E-state index >= 15 is 0 Å². The van der Waals surface area contributed by atoms with Crippen LogP contribution in [0.5, 0.6) is 0 Å². The number of unbranched alkanes of at least 4 members (excludes halogenated alkanes) is 4. The minimum absolute atomic E-state index is 0.258. The Morgan fingerprint density at radius 3 is 2.29 bits per heavy atom. The number of amides is 1.